The summed E-state index contributed by atoms with van der Waals surface area (Å²) in [6.07, 6.45) is -0.823. The molecule has 2 aromatic rings. The van der Waals surface area contributed by atoms with E-state index in [2.05, 4.69) is 5.10 Å². The van der Waals surface area contributed by atoms with Gasteiger partial charge in [0.15, 0.2) is 5.60 Å². The highest BCUT2D eigenvalue weighted by atomic mass is 19.4. The Labute approximate surface area is 136 Å². The molecule has 130 valence electrons. The summed E-state index contributed by atoms with van der Waals surface area (Å²) in [6, 6.07) is 3.59. The van der Waals surface area contributed by atoms with E-state index in [9.17, 15) is 23.1 Å². The molecular weight excluding hydrogens is 325 g/mol. The number of carbonyl (C=O) groups is 1. The first-order chi connectivity index (χ1) is 11.2. The van der Waals surface area contributed by atoms with Gasteiger partial charge in [0, 0.05) is 45.4 Å². The Hall–Kier alpha value is -2.29. The highest BCUT2D eigenvalue weighted by Crippen LogP contribution is 2.38. The Morgan fingerprint density at radius 2 is 1.83 bits per heavy atom. The van der Waals surface area contributed by atoms with Crippen LogP contribution in [0.3, 0.4) is 0 Å². The summed E-state index contributed by atoms with van der Waals surface area (Å²) in [6.45, 7) is -0.316. The number of aromatic nitrogens is 3. The van der Waals surface area contributed by atoms with Crippen molar-refractivity contribution in [3.63, 3.8) is 0 Å². The van der Waals surface area contributed by atoms with Crippen molar-refractivity contribution in [3.05, 3.63) is 36.3 Å². The van der Waals surface area contributed by atoms with E-state index in [0.717, 1.165) is 0 Å². The van der Waals surface area contributed by atoms with Gasteiger partial charge in [0.25, 0.3) is 5.91 Å². The molecule has 1 saturated heterocycles. The zero-order valence-corrected chi connectivity index (χ0v) is 13.0. The smallest absolute Gasteiger partial charge is 0.380 e. The zero-order valence-electron chi connectivity index (χ0n) is 13.0. The predicted octanol–water partition coefficient (Wildman–Crippen LogP) is 1.74. The van der Waals surface area contributed by atoms with Gasteiger partial charge in [-0.2, -0.15) is 18.3 Å². The molecule has 1 amide bonds. The topological polar surface area (TPSA) is 63.3 Å². The maximum absolute atomic E-state index is 12.9. The molecule has 0 aliphatic carbocycles. The Morgan fingerprint density at radius 1 is 1.25 bits per heavy atom. The van der Waals surface area contributed by atoms with Crippen molar-refractivity contribution in [1.82, 2.24) is 19.2 Å². The number of halogens is 3. The number of aliphatic hydroxyl groups is 1. The first-order valence-electron chi connectivity index (χ1n) is 7.47. The van der Waals surface area contributed by atoms with Crippen LogP contribution in [0.2, 0.25) is 0 Å². The van der Waals surface area contributed by atoms with Gasteiger partial charge in [-0.15, -0.1) is 0 Å². The Kier molecular flexibility index (Phi) is 3.90. The molecule has 0 spiro atoms. The minimum absolute atomic E-state index is 0.158. The number of alkyl halides is 3. The summed E-state index contributed by atoms with van der Waals surface area (Å²) >= 11 is 0. The summed E-state index contributed by atoms with van der Waals surface area (Å²) in [4.78, 5) is 14.0. The van der Waals surface area contributed by atoms with Gasteiger partial charge in [-0.05, 0) is 12.1 Å². The first-order valence-corrected chi connectivity index (χ1v) is 7.47. The van der Waals surface area contributed by atoms with E-state index in [0.29, 0.717) is 11.4 Å². The second-order valence-electron chi connectivity index (χ2n) is 5.92. The molecule has 3 rings (SSSR count). The number of aryl methyl sites for hydroxylation is 1. The highest BCUT2D eigenvalue weighted by Gasteiger charge is 2.55. The molecule has 0 saturated carbocycles. The van der Waals surface area contributed by atoms with Crippen molar-refractivity contribution in [3.8, 4) is 5.82 Å². The zero-order chi connectivity index (χ0) is 17.5. The van der Waals surface area contributed by atoms with Crippen LogP contribution < -0.4 is 0 Å². The van der Waals surface area contributed by atoms with Gasteiger partial charge in [-0.25, -0.2) is 0 Å². The fourth-order valence-corrected chi connectivity index (χ4v) is 2.90. The van der Waals surface area contributed by atoms with Crippen LogP contribution in [0.1, 0.15) is 23.2 Å². The summed E-state index contributed by atoms with van der Waals surface area (Å²) in [5.41, 5.74) is -2.41. The first kappa shape index (κ1) is 16.6. The van der Waals surface area contributed by atoms with Crippen LogP contribution in [0.25, 0.3) is 5.82 Å². The molecule has 24 heavy (non-hydrogen) atoms. The highest BCUT2D eigenvalue weighted by molar-refractivity contribution is 5.97. The van der Waals surface area contributed by atoms with E-state index in [4.69, 9.17) is 0 Å². The van der Waals surface area contributed by atoms with Crippen LogP contribution in [-0.2, 0) is 7.05 Å². The lowest BCUT2D eigenvalue weighted by molar-refractivity contribution is -0.271. The van der Waals surface area contributed by atoms with Crippen molar-refractivity contribution in [2.45, 2.75) is 24.6 Å². The quantitative estimate of drug-likeness (QED) is 0.904. The van der Waals surface area contributed by atoms with Crippen molar-refractivity contribution >= 4 is 5.91 Å². The van der Waals surface area contributed by atoms with Gasteiger partial charge < -0.3 is 14.6 Å². The van der Waals surface area contributed by atoms with Crippen LogP contribution in [0.5, 0.6) is 0 Å². The van der Waals surface area contributed by atoms with Crippen molar-refractivity contribution in [1.29, 1.82) is 0 Å². The molecule has 9 heteroatoms. The summed E-state index contributed by atoms with van der Waals surface area (Å²) < 4.78 is 41.8. The monoisotopic (exact) mass is 342 g/mol. The van der Waals surface area contributed by atoms with Crippen LogP contribution >= 0.6 is 0 Å². The summed E-state index contributed by atoms with van der Waals surface area (Å²) in [5, 5.41) is 13.8. The molecule has 0 unspecified atom stereocenters. The Balaban J connectivity index is 1.80. The number of likely N-dealkylation sites (tertiary alicyclic amines) is 1. The van der Waals surface area contributed by atoms with Gasteiger partial charge in [0.1, 0.15) is 11.4 Å². The minimum Gasteiger partial charge on any atom is -0.380 e. The maximum Gasteiger partial charge on any atom is 0.417 e. The fraction of sp³-hybridized carbons (Fsp3) is 0.467. The Bertz CT molecular complexity index is 728. The molecule has 0 aromatic carbocycles. The van der Waals surface area contributed by atoms with E-state index < -0.39 is 30.5 Å². The molecule has 1 aliphatic rings. The molecule has 1 N–H and O–H groups in total. The lowest BCUT2D eigenvalue weighted by atomic mass is 9.90. The minimum atomic E-state index is -4.69. The fourth-order valence-electron chi connectivity index (χ4n) is 2.90. The van der Waals surface area contributed by atoms with Crippen molar-refractivity contribution < 1.29 is 23.1 Å². The lowest BCUT2D eigenvalue weighted by Crippen LogP contribution is -2.54. The second kappa shape index (κ2) is 5.66. The maximum atomic E-state index is 12.9. The average Bonchev–Trinajstić information content (AvgIpc) is 3.15. The van der Waals surface area contributed by atoms with Gasteiger partial charge in [0.05, 0.1) is 6.20 Å². The van der Waals surface area contributed by atoms with Crippen molar-refractivity contribution in [2.24, 2.45) is 7.05 Å². The van der Waals surface area contributed by atoms with Gasteiger partial charge in [-0.1, -0.05) is 0 Å². The molecule has 0 bridgehead atoms. The van der Waals surface area contributed by atoms with E-state index in [1.54, 1.807) is 36.1 Å². The number of rotatable bonds is 2. The Morgan fingerprint density at radius 3 is 2.38 bits per heavy atom. The largest absolute Gasteiger partial charge is 0.417 e. The van der Waals surface area contributed by atoms with E-state index in [1.807, 2.05) is 0 Å². The SMILES string of the molecule is Cn1ncc(C(=O)N2CCC(O)(C(F)(F)F)CC2)c1-n1cccc1. The van der Waals surface area contributed by atoms with Crippen LogP contribution in [-0.4, -0.2) is 55.1 Å². The van der Waals surface area contributed by atoms with E-state index in [1.165, 1.54) is 15.8 Å². The summed E-state index contributed by atoms with van der Waals surface area (Å²) in [7, 11) is 1.69. The van der Waals surface area contributed by atoms with Gasteiger partial charge in [0.2, 0.25) is 0 Å². The molecule has 2 aromatic heterocycles. The van der Waals surface area contributed by atoms with E-state index >= 15 is 0 Å². The number of hydrogen-bond donors (Lipinski definition) is 1. The number of amides is 1. The van der Waals surface area contributed by atoms with E-state index in [-0.39, 0.29) is 13.1 Å². The molecule has 0 atom stereocenters. The molecular formula is C15H17F3N4O2. The van der Waals surface area contributed by atoms with Gasteiger partial charge >= 0.3 is 6.18 Å². The molecule has 1 fully saturated rings. The molecule has 1 aliphatic heterocycles. The molecule has 0 radical (unpaired) electrons. The predicted molar refractivity (Wildman–Crippen MR) is 78.7 cm³/mol. The number of hydrogen-bond acceptors (Lipinski definition) is 3. The third kappa shape index (κ3) is 2.68. The lowest BCUT2D eigenvalue weighted by Gasteiger charge is -2.39. The third-order valence-corrected chi connectivity index (χ3v) is 4.39. The van der Waals surface area contributed by atoms with Crippen LogP contribution in [0, 0.1) is 0 Å². The number of carbonyl (C=O) groups excluding carboxylic acids is 1. The number of piperidine rings is 1. The number of nitrogens with zero attached hydrogens (tertiary/aromatic N) is 4. The van der Waals surface area contributed by atoms with Crippen molar-refractivity contribution in [2.75, 3.05) is 13.1 Å². The molecule has 3 heterocycles. The standard InChI is InChI=1S/C15H17F3N4O2/c1-20-12(21-6-2-3-7-21)11(10-19-20)13(23)22-8-4-14(24,5-9-22)15(16,17)18/h2-3,6-7,10,24H,4-5,8-9H2,1H3. The van der Waals surface area contributed by atoms with Gasteiger partial charge in [-0.3, -0.25) is 9.48 Å². The average molecular weight is 342 g/mol. The van der Waals surface area contributed by atoms with Crippen LogP contribution in [0.15, 0.2) is 30.7 Å². The molecule has 6 nitrogen and oxygen atoms in total. The second-order valence-corrected chi connectivity index (χ2v) is 5.92. The normalized spacial score (nSPS) is 18.0. The summed E-state index contributed by atoms with van der Waals surface area (Å²) in [5.74, 6) is 0.151. The van der Waals surface area contributed by atoms with Crippen LogP contribution in [0.4, 0.5) is 13.2 Å². The third-order valence-electron chi connectivity index (χ3n) is 4.39.